The van der Waals surface area contributed by atoms with E-state index in [4.69, 9.17) is 0 Å². The quantitative estimate of drug-likeness (QED) is 0.741. The van der Waals surface area contributed by atoms with E-state index in [1.54, 1.807) is 12.1 Å². The number of aryl methyl sites for hydroxylation is 1. The Labute approximate surface area is 143 Å². The lowest BCUT2D eigenvalue weighted by Crippen LogP contribution is -2.26. The summed E-state index contributed by atoms with van der Waals surface area (Å²) in [4.78, 5) is 16.8. The standard InChI is InChI=1S/C18H18BrN3O/c1-2-22-16-6-4-3-5-15(16)21-17(22)11-12-20-18(23)13-7-9-14(19)10-8-13/h3-10H,2,11-12H2,1H3,(H,20,23). The van der Waals surface area contributed by atoms with Gasteiger partial charge >= 0.3 is 0 Å². The van der Waals surface area contributed by atoms with Crippen molar-refractivity contribution in [1.82, 2.24) is 14.9 Å². The number of para-hydroxylation sites is 2. The summed E-state index contributed by atoms with van der Waals surface area (Å²) in [6.07, 6.45) is 0.713. The largest absolute Gasteiger partial charge is 0.352 e. The smallest absolute Gasteiger partial charge is 0.251 e. The minimum absolute atomic E-state index is 0.0586. The van der Waals surface area contributed by atoms with Crippen molar-refractivity contribution >= 4 is 32.9 Å². The van der Waals surface area contributed by atoms with E-state index in [1.165, 1.54) is 0 Å². The molecule has 0 radical (unpaired) electrons. The fourth-order valence-corrected chi connectivity index (χ4v) is 2.92. The fraction of sp³-hybridized carbons (Fsp3) is 0.222. The molecule has 3 rings (SSSR count). The highest BCUT2D eigenvalue weighted by Crippen LogP contribution is 2.16. The van der Waals surface area contributed by atoms with Gasteiger partial charge in [-0.3, -0.25) is 4.79 Å². The average molecular weight is 372 g/mol. The molecule has 0 fully saturated rings. The van der Waals surface area contributed by atoms with E-state index in [9.17, 15) is 4.79 Å². The second kappa shape index (κ2) is 6.96. The van der Waals surface area contributed by atoms with E-state index in [1.807, 2.05) is 30.3 Å². The first-order valence-corrected chi connectivity index (χ1v) is 8.46. The molecule has 118 valence electrons. The maximum absolute atomic E-state index is 12.1. The number of carbonyl (C=O) groups is 1. The van der Waals surface area contributed by atoms with Gasteiger partial charge in [0.2, 0.25) is 0 Å². The number of rotatable bonds is 5. The van der Waals surface area contributed by atoms with Crippen molar-refractivity contribution < 1.29 is 4.79 Å². The number of carbonyl (C=O) groups excluding carboxylic acids is 1. The summed E-state index contributed by atoms with van der Waals surface area (Å²) < 4.78 is 3.16. The predicted octanol–water partition coefficient (Wildman–Crippen LogP) is 3.79. The Balaban J connectivity index is 1.66. The van der Waals surface area contributed by atoms with Gasteiger partial charge in [0.1, 0.15) is 5.82 Å². The number of imidazole rings is 1. The van der Waals surface area contributed by atoms with E-state index in [0.29, 0.717) is 18.5 Å². The van der Waals surface area contributed by atoms with Crippen molar-refractivity contribution in [3.8, 4) is 0 Å². The van der Waals surface area contributed by atoms with Gasteiger partial charge in [-0.2, -0.15) is 0 Å². The lowest BCUT2D eigenvalue weighted by molar-refractivity contribution is 0.0954. The molecule has 0 unspecified atom stereocenters. The zero-order valence-electron chi connectivity index (χ0n) is 12.9. The fourth-order valence-electron chi connectivity index (χ4n) is 2.66. The first-order chi connectivity index (χ1) is 11.2. The van der Waals surface area contributed by atoms with E-state index in [2.05, 4.69) is 43.8 Å². The SMILES string of the molecule is CCn1c(CCNC(=O)c2ccc(Br)cc2)nc2ccccc21. The molecule has 3 aromatic rings. The Hall–Kier alpha value is -2.14. The molecule has 0 saturated heterocycles. The van der Waals surface area contributed by atoms with Crippen molar-refractivity contribution in [2.24, 2.45) is 0 Å². The molecule has 0 aliphatic rings. The van der Waals surface area contributed by atoms with Crippen LogP contribution in [0.4, 0.5) is 0 Å². The Morgan fingerprint density at radius 1 is 1.17 bits per heavy atom. The van der Waals surface area contributed by atoms with Gasteiger partial charge in [0.05, 0.1) is 11.0 Å². The highest BCUT2D eigenvalue weighted by atomic mass is 79.9. The third-order valence-corrected chi connectivity index (χ3v) is 4.32. The second-order valence-corrected chi connectivity index (χ2v) is 6.19. The number of fused-ring (bicyclic) bond motifs is 1. The molecule has 1 N–H and O–H groups in total. The monoisotopic (exact) mass is 371 g/mol. The molecule has 4 nitrogen and oxygen atoms in total. The summed E-state index contributed by atoms with van der Waals surface area (Å²) >= 11 is 3.37. The summed E-state index contributed by atoms with van der Waals surface area (Å²) in [6.45, 7) is 3.55. The third kappa shape index (κ3) is 3.45. The molecule has 0 spiro atoms. The van der Waals surface area contributed by atoms with Crippen LogP contribution in [0, 0.1) is 0 Å². The van der Waals surface area contributed by atoms with E-state index in [0.717, 1.165) is 27.9 Å². The van der Waals surface area contributed by atoms with Gasteiger partial charge in [-0.25, -0.2) is 4.98 Å². The van der Waals surface area contributed by atoms with Crippen LogP contribution >= 0.6 is 15.9 Å². The average Bonchev–Trinajstić information content (AvgIpc) is 2.92. The molecule has 0 saturated carbocycles. The molecule has 23 heavy (non-hydrogen) atoms. The van der Waals surface area contributed by atoms with Gasteiger partial charge in [-0.15, -0.1) is 0 Å². The predicted molar refractivity (Wildman–Crippen MR) is 95.6 cm³/mol. The molecule has 0 bridgehead atoms. The van der Waals surface area contributed by atoms with Gasteiger partial charge < -0.3 is 9.88 Å². The van der Waals surface area contributed by atoms with Crippen LogP contribution in [0.15, 0.2) is 53.0 Å². The lowest BCUT2D eigenvalue weighted by Gasteiger charge is -2.07. The van der Waals surface area contributed by atoms with Crippen LogP contribution in [0.5, 0.6) is 0 Å². The molecule has 2 aromatic carbocycles. The van der Waals surface area contributed by atoms with Gasteiger partial charge in [0.15, 0.2) is 0 Å². The Morgan fingerprint density at radius 2 is 1.91 bits per heavy atom. The van der Waals surface area contributed by atoms with Crippen LogP contribution in [0.3, 0.4) is 0 Å². The minimum atomic E-state index is -0.0586. The Kier molecular flexibility index (Phi) is 4.76. The van der Waals surface area contributed by atoms with E-state index in [-0.39, 0.29) is 5.91 Å². The first-order valence-electron chi connectivity index (χ1n) is 7.67. The van der Waals surface area contributed by atoms with Crippen LogP contribution in [0.1, 0.15) is 23.1 Å². The maximum atomic E-state index is 12.1. The second-order valence-electron chi connectivity index (χ2n) is 5.27. The van der Waals surface area contributed by atoms with Crippen molar-refractivity contribution in [2.75, 3.05) is 6.54 Å². The number of aromatic nitrogens is 2. The van der Waals surface area contributed by atoms with E-state index < -0.39 is 0 Å². The normalized spacial score (nSPS) is 10.9. The Bertz CT molecular complexity index is 824. The van der Waals surface area contributed by atoms with Gasteiger partial charge in [-0.05, 0) is 43.3 Å². The lowest BCUT2D eigenvalue weighted by atomic mass is 10.2. The highest BCUT2D eigenvalue weighted by Gasteiger charge is 2.10. The van der Waals surface area contributed by atoms with Crippen LogP contribution in [0.25, 0.3) is 11.0 Å². The molecule has 0 aliphatic carbocycles. The zero-order chi connectivity index (χ0) is 16.2. The molecular formula is C18H18BrN3O. The zero-order valence-corrected chi connectivity index (χ0v) is 14.5. The number of hydrogen-bond donors (Lipinski definition) is 1. The van der Waals surface area contributed by atoms with Crippen LogP contribution < -0.4 is 5.32 Å². The number of nitrogens with one attached hydrogen (secondary N) is 1. The maximum Gasteiger partial charge on any atom is 0.251 e. The van der Waals surface area contributed by atoms with Gasteiger partial charge in [0, 0.05) is 29.5 Å². The third-order valence-electron chi connectivity index (χ3n) is 3.79. The van der Waals surface area contributed by atoms with Crippen LogP contribution in [-0.4, -0.2) is 22.0 Å². The molecule has 0 atom stereocenters. The molecular weight excluding hydrogens is 354 g/mol. The summed E-state index contributed by atoms with van der Waals surface area (Å²) in [5.74, 6) is 0.946. The highest BCUT2D eigenvalue weighted by molar-refractivity contribution is 9.10. The van der Waals surface area contributed by atoms with Gasteiger partial charge in [-0.1, -0.05) is 28.1 Å². The number of amides is 1. The number of nitrogens with zero attached hydrogens (tertiary/aromatic N) is 2. The number of benzene rings is 2. The topological polar surface area (TPSA) is 46.9 Å². The van der Waals surface area contributed by atoms with Crippen LogP contribution in [0.2, 0.25) is 0 Å². The first kappa shape index (κ1) is 15.7. The Morgan fingerprint density at radius 3 is 2.65 bits per heavy atom. The van der Waals surface area contributed by atoms with E-state index >= 15 is 0 Å². The van der Waals surface area contributed by atoms with Crippen molar-refractivity contribution in [3.05, 3.63) is 64.4 Å². The minimum Gasteiger partial charge on any atom is -0.352 e. The summed E-state index contributed by atoms with van der Waals surface area (Å²) in [5.41, 5.74) is 2.81. The van der Waals surface area contributed by atoms with Crippen molar-refractivity contribution in [3.63, 3.8) is 0 Å². The summed E-state index contributed by atoms with van der Waals surface area (Å²) in [5, 5.41) is 2.95. The molecule has 1 heterocycles. The van der Waals surface area contributed by atoms with Crippen molar-refractivity contribution in [2.45, 2.75) is 19.9 Å². The number of halogens is 1. The van der Waals surface area contributed by atoms with Crippen LogP contribution in [-0.2, 0) is 13.0 Å². The molecule has 1 amide bonds. The molecule has 1 aromatic heterocycles. The van der Waals surface area contributed by atoms with Crippen molar-refractivity contribution in [1.29, 1.82) is 0 Å². The summed E-state index contributed by atoms with van der Waals surface area (Å²) in [7, 11) is 0. The van der Waals surface area contributed by atoms with Gasteiger partial charge in [0.25, 0.3) is 5.91 Å². The molecule has 0 aliphatic heterocycles. The molecule has 5 heteroatoms. The number of hydrogen-bond acceptors (Lipinski definition) is 2. The summed E-state index contributed by atoms with van der Waals surface area (Å²) in [6, 6.07) is 15.5.